The van der Waals surface area contributed by atoms with Crippen molar-refractivity contribution in [2.45, 2.75) is 126 Å². The lowest BCUT2D eigenvalue weighted by Gasteiger charge is -2.48. The van der Waals surface area contributed by atoms with E-state index in [0.717, 1.165) is 6.26 Å². The SMILES string of the molecule is COC1C(O)=CO[C@@H](OCC2/C=C(C)/C=C/C(=O)[C@H](C)C[C@H](CC=O)[C@H](O[C@@H]3OC(C)[C@@H](OC(C)=O)C(N(C)C)C3OC(C)=O)[C@@H](C)[C@H](O)CC(=O)O[C@@H]2I)C1OC. The normalized spacial score (nSPS) is 38.3. The van der Waals surface area contributed by atoms with Gasteiger partial charge in [0.25, 0.3) is 0 Å². The van der Waals surface area contributed by atoms with Gasteiger partial charge in [0, 0.05) is 52.2 Å². The predicted octanol–water partition coefficient (Wildman–Crippen LogP) is 3.34. The largest absolute Gasteiger partial charge is 0.506 e. The quantitative estimate of drug-likeness (QED) is 0.0945. The monoisotopic (exact) mass is 937 g/mol. The summed E-state index contributed by atoms with van der Waals surface area (Å²) in [6, 6.07) is -0.734. The highest BCUT2D eigenvalue weighted by Gasteiger charge is 2.51. The van der Waals surface area contributed by atoms with Gasteiger partial charge in [0.05, 0.1) is 37.4 Å². The van der Waals surface area contributed by atoms with Gasteiger partial charge in [-0.25, -0.2) is 0 Å². The molecule has 0 aliphatic carbocycles. The van der Waals surface area contributed by atoms with E-state index < -0.39 is 113 Å². The van der Waals surface area contributed by atoms with Gasteiger partial charge in [0.2, 0.25) is 6.29 Å². The Kier molecular flexibility index (Phi) is 19.7. The first-order chi connectivity index (χ1) is 27.3. The van der Waals surface area contributed by atoms with Gasteiger partial charge in [0.15, 0.2) is 34.2 Å². The fraction of sp³-hybridized carbons (Fsp3) is 0.725. The molecule has 3 aliphatic heterocycles. The first-order valence-corrected chi connectivity index (χ1v) is 20.5. The van der Waals surface area contributed by atoms with Gasteiger partial charge in [-0.1, -0.05) is 31.6 Å². The van der Waals surface area contributed by atoms with Crippen LogP contribution in [0, 0.1) is 23.7 Å². The number of methoxy groups -OCH3 is 2. The van der Waals surface area contributed by atoms with Crippen molar-refractivity contribution < 1.29 is 76.8 Å². The highest BCUT2D eigenvalue weighted by atomic mass is 127. The minimum absolute atomic E-state index is 0.0518. The zero-order valence-corrected chi connectivity index (χ0v) is 37.0. The van der Waals surface area contributed by atoms with Crippen LogP contribution in [0.3, 0.4) is 0 Å². The summed E-state index contributed by atoms with van der Waals surface area (Å²) in [4.78, 5) is 65.6. The number of aldehydes is 1. The Bertz CT molecular complexity index is 1500. The van der Waals surface area contributed by atoms with Crippen LogP contribution in [0.1, 0.15) is 60.8 Å². The topological polar surface area (TPSA) is 212 Å². The second kappa shape index (κ2) is 23.1. The van der Waals surface area contributed by atoms with Crippen molar-refractivity contribution in [2.24, 2.45) is 23.7 Å². The predicted molar refractivity (Wildman–Crippen MR) is 214 cm³/mol. The highest BCUT2D eigenvalue weighted by Crippen LogP contribution is 2.36. The van der Waals surface area contributed by atoms with E-state index in [0.29, 0.717) is 11.9 Å². The number of carbonyl (C=O) groups excluding carboxylic acids is 5. The van der Waals surface area contributed by atoms with Gasteiger partial charge in [-0.05, 0) is 68.9 Å². The van der Waals surface area contributed by atoms with Gasteiger partial charge >= 0.3 is 17.9 Å². The highest BCUT2D eigenvalue weighted by molar-refractivity contribution is 14.1. The molecule has 0 spiro atoms. The van der Waals surface area contributed by atoms with Crippen LogP contribution in [0.15, 0.2) is 35.8 Å². The number of hydrogen-bond donors (Lipinski definition) is 2. The first-order valence-electron chi connectivity index (χ1n) is 19.2. The van der Waals surface area contributed by atoms with Crippen molar-refractivity contribution in [1.29, 1.82) is 0 Å². The number of aliphatic hydroxyl groups is 2. The van der Waals surface area contributed by atoms with E-state index in [2.05, 4.69) is 0 Å². The molecule has 0 radical (unpaired) electrons. The molecule has 2 N–H and O–H groups in total. The van der Waals surface area contributed by atoms with Crippen LogP contribution in [0.5, 0.6) is 0 Å². The number of carbonyl (C=O) groups is 5. The number of allylic oxidation sites excluding steroid dienone is 3. The summed E-state index contributed by atoms with van der Waals surface area (Å²) in [6.45, 7) is 9.25. The number of halogens is 1. The molecule has 3 rings (SSSR count). The maximum absolute atomic E-state index is 13.6. The maximum atomic E-state index is 13.6. The molecule has 0 saturated carbocycles. The molecule has 0 aromatic heterocycles. The third kappa shape index (κ3) is 13.5. The zero-order chi connectivity index (χ0) is 43.4. The van der Waals surface area contributed by atoms with E-state index in [9.17, 15) is 34.2 Å². The number of rotatable bonds is 12. The fourth-order valence-electron chi connectivity index (χ4n) is 7.47. The molecule has 3 aliphatic rings. The van der Waals surface area contributed by atoms with Crippen LogP contribution in [-0.4, -0.2) is 145 Å². The van der Waals surface area contributed by atoms with Crippen molar-refractivity contribution in [2.75, 3.05) is 34.9 Å². The molecule has 17 nitrogen and oxygen atoms in total. The lowest BCUT2D eigenvalue weighted by molar-refractivity contribution is -0.308. The number of ketones is 1. The molecule has 1 fully saturated rings. The molecule has 15 atom stereocenters. The average Bonchev–Trinajstić information content (AvgIpc) is 3.14. The van der Waals surface area contributed by atoms with E-state index in [-0.39, 0.29) is 31.0 Å². The van der Waals surface area contributed by atoms with E-state index >= 15 is 0 Å². The molecular weight excluding hydrogens is 877 g/mol. The molecule has 3 heterocycles. The Labute approximate surface area is 353 Å². The number of ether oxygens (including phenoxy) is 9. The van der Waals surface area contributed by atoms with Crippen LogP contribution in [0.2, 0.25) is 0 Å². The van der Waals surface area contributed by atoms with Gasteiger partial charge < -0.3 is 57.6 Å². The molecule has 0 aromatic rings. The fourth-order valence-corrected chi connectivity index (χ4v) is 8.17. The van der Waals surface area contributed by atoms with Crippen LogP contribution >= 0.6 is 22.6 Å². The lowest BCUT2D eigenvalue weighted by atomic mass is 9.79. The van der Waals surface area contributed by atoms with Gasteiger partial charge in [-0.3, -0.25) is 24.1 Å². The van der Waals surface area contributed by atoms with E-state index in [4.69, 9.17) is 42.6 Å². The zero-order valence-electron chi connectivity index (χ0n) is 34.8. The Morgan fingerprint density at radius 2 is 1.64 bits per heavy atom. The molecule has 0 aromatic carbocycles. The van der Waals surface area contributed by atoms with Crippen LogP contribution in [0.25, 0.3) is 0 Å². The maximum Gasteiger partial charge on any atom is 0.309 e. The number of nitrogens with zero attached hydrogens (tertiary/aromatic N) is 1. The van der Waals surface area contributed by atoms with Crippen molar-refractivity contribution >= 4 is 52.6 Å². The Hall–Kier alpha value is -2.98. The second-order valence-electron chi connectivity index (χ2n) is 15.2. The Morgan fingerprint density at radius 3 is 2.22 bits per heavy atom. The van der Waals surface area contributed by atoms with Crippen LogP contribution < -0.4 is 0 Å². The second-order valence-corrected chi connectivity index (χ2v) is 16.5. The summed E-state index contributed by atoms with van der Waals surface area (Å²) in [6.07, 6.45) is -2.87. The third-order valence-corrected chi connectivity index (χ3v) is 11.7. The Morgan fingerprint density at radius 1 is 0.983 bits per heavy atom. The number of aliphatic hydroxyl groups excluding tert-OH is 2. The molecule has 0 amide bonds. The van der Waals surface area contributed by atoms with Gasteiger partial charge in [0.1, 0.15) is 24.8 Å². The molecular formula is C40H60INO16. The molecule has 1 saturated heterocycles. The van der Waals surface area contributed by atoms with Crippen LogP contribution in [0.4, 0.5) is 0 Å². The number of likely N-dealkylation sites (N-methyl/N-ethyl adjacent to an activating group) is 1. The van der Waals surface area contributed by atoms with Crippen molar-refractivity contribution in [1.82, 2.24) is 4.90 Å². The molecule has 6 unspecified atom stereocenters. The smallest absolute Gasteiger partial charge is 0.309 e. The summed E-state index contributed by atoms with van der Waals surface area (Å²) in [7, 11) is 6.27. The van der Waals surface area contributed by atoms with Crippen molar-refractivity contribution in [3.63, 3.8) is 0 Å². The van der Waals surface area contributed by atoms with Crippen LogP contribution in [-0.2, 0) is 66.6 Å². The standard InChI is InChI=1S/C40H60INO16/c1-20-11-12-28(46)21(2)16-26(13-14-43)33(58-40-36(56-25(6)45)32(42(7)8)34(23(4)54-40)55-24(5)44)22(3)29(47)17-31(49)57-38(41)27(15-20)18-52-39-37(51-10)35(50-9)30(48)19-53-39/h11-12,14-15,19,21-23,26-27,29,32-40,47-48H,13,16-18H2,1-10H3/b12-11+,20-15+/t21-,22+,23?,26+,27?,29-,32?,33-,34-,35?,36?,37?,38+,39-,40+/m1/s1. The summed E-state index contributed by atoms with van der Waals surface area (Å²) in [5.41, 5.74) is 0.654. The van der Waals surface area contributed by atoms with Crippen molar-refractivity contribution in [3.05, 3.63) is 35.8 Å². The average molecular weight is 938 g/mol. The summed E-state index contributed by atoms with van der Waals surface area (Å²) in [5, 5.41) is 21.8. The van der Waals surface area contributed by atoms with E-state index in [1.54, 1.807) is 58.8 Å². The van der Waals surface area contributed by atoms with E-state index in [1.165, 1.54) is 34.1 Å². The summed E-state index contributed by atoms with van der Waals surface area (Å²) < 4.78 is 51.8. The number of hydrogen-bond acceptors (Lipinski definition) is 17. The lowest BCUT2D eigenvalue weighted by Crippen LogP contribution is -2.65. The third-order valence-electron chi connectivity index (χ3n) is 10.5. The molecule has 58 heavy (non-hydrogen) atoms. The number of cyclic esters (lactones) is 1. The Balaban J connectivity index is 2.00. The minimum atomic E-state index is -1.38. The minimum Gasteiger partial charge on any atom is -0.506 e. The summed E-state index contributed by atoms with van der Waals surface area (Å²) in [5.74, 6) is -5.13. The van der Waals surface area contributed by atoms with Gasteiger partial charge in [-0.2, -0.15) is 0 Å². The van der Waals surface area contributed by atoms with Gasteiger partial charge in [-0.15, -0.1) is 0 Å². The first kappa shape index (κ1) is 49.4. The number of esters is 3. The molecule has 328 valence electrons. The van der Waals surface area contributed by atoms with Crippen molar-refractivity contribution in [3.8, 4) is 0 Å². The summed E-state index contributed by atoms with van der Waals surface area (Å²) >= 11 is 1.95. The molecule has 0 bridgehead atoms. The van der Waals surface area contributed by atoms with E-state index in [1.807, 2.05) is 22.6 Å². The number of alkyl halides is 1. The molecule has 18 heteroatoms.